The summed E-state index contributed by atoms with van der Waals surface area (Å²) in [5.74, 6) is 1.43. The third kappa shape index (κ3) is 6.56. The number of nitrogens with zero attached hydrogens (tertiary/aromatic N) is 2. The van der Waals surface area contributed by atoms with Gasteiger partial charge in [-0.15, -0.1) is 0 Å². The minimum Gasteiger partial charge on any atom is -0.486 e. The van der Waals surface area contributed by atoms with Crippen molar-refractivity contribution in [3.63, 3.8) is 0 Å². The second kappa shape index (κ2) is 11.0. The molecule has 1 aliphatic rings. The summed E-state index contributed by atoms with van der Waals surface area (Å²) in [6, 6.07) is 19.5. The standard InChI is InChI=1S/C27H32N4O2/c1-20-9-11-22(12-10-20)19-29-27(32)24-8-6-7-23(17-24)21(2)33-25-13-14-28-26(18-25)30-31-15-4-3-5-16-31/h6-14,17-18,21H,3-5,15-16,19H2,1-2H3,(H,28,30)(H,29,32). The van der Waals surface area contributed by atoms with Crippen LogP contribution < -0.4 is 15.5 Å². The first-order valence-corrected chi connectivity index (χ1v) is 11.6. The number of pyridine rings is 1. The molecule has 0 saturated carbocycles. The minimum atomic E-state index is -0.208. The van der Waals surface area contributed by atoms with Crippen LogP contribution in [0.15, 0.2) is 66.9 Å². The minimum absolute atomic E-state index is 0.0958. The number of hydrazine groups is 1. The quantitative estimate of drug-likeness (QED) is 0.495. The monoisotopic (exact) mass is 444 g/mol. The maximum Gasteiger partial charge on any atom is 0.251 e. The van der Waals surface area contributed by atoms with Crippen LogP contribution in [0.4, 0.5) is 5.82 Å². The van der Waals surface area contributed by atoms with Crippen LogP contribution in [0, 0.1) is 6.92 Å². The number of rotatable bonds is 8. The van der Waals surface area contributed by atoms with Crippen LogP contribution in [-0.4, -0.2) is 29.0 Å². The SMILES string of the molecule is Cc1ccc(CNC(=O)c2cccc(C(C)Oc3ccnc(NN4CCCCC4)c3)c2)cc1. The van der Waals surface area contributed by atoms with Crippen molar-refractivity contribution in [3.8, 4) is 5.75 Å². The highest BCUT2D eigenvalue weighted by atomic mass is 16.5. The first kappa shape index (κ1) is 22.8. The molecule has 0 radical (unpaired) electrons. The number of aromatic nitrogens is 1. The second-order valence-electron chi connectivity index (χ2n) is 8.59. The molecule has 1 aromatic heterocycles. The van der Waals surface area contributed by atoms with E-state index in [4.69, 9.17) is 4.74 Å². The van der Waals surface area contributed by atoms with E-state index in [1.54, 1.807) is 6.20 Å². The van der Waals surface area contributed by atoms with Crippen LogP contribution in [-0.2, 0) is 6.54 Å². The molecule has 0 bridgehead atoms. The van der Waals surface area contributed by atoms with E-state index in [0.29, 0.717) is 12.1 Å². The van der Waals surface area contributed by atoms with Gasteiger partial charge in [-0.3, -0.25) is 4.79 Å². The summed E-state index contributed by atoms with van der Waals surface area (Å²) in [5, 5.41) is 5.20. The molecule has 0 aliphatic carbocycles. The Hall–Kier alpha value is -3.38. The number of hydrogen-bond acceptors (Lipinski definition) is 5. The molecule has 172 valence electrons. The molecule has 1 saturated heterocycles. The highest BCUT2D eigenvalue weighted by Crippen LogP contribution is 2.24. The lowest BCUT2D eigenvalue weighted by Gasteiger charge is -2.27. The lowest BCUT2D eigenvalue weighted by molar-refractivity contribution is 0.0950. The van der Waals surface area contributed by atoms with Crippen LogP contribution in [0.1, 0.15) is 59.3 Å². The first-order chi connectivity index (χ1) is 16.1. The normalized spacial score (nSPS) is 15.0. The molecule has 1 atom stereocenters. The highest BCUT2D eigenvalue weighted by Gasteiger charge is 2.14. The summed E-state index contributed by atoms with van der Waals surface area (Å²) < 4.78 is 6.18. The zero-order valence-corrected chi connectivity index (χ0v) is 19.4. The fourth-order valence-corrected chi connectivity index (χ4v) is 3.91. The largest absolute Gasteiger partial charge is 0.486 e. The van der Waals surface area contributed by atoms with E-state index in [2.05, 4.69) is 27.7 Å². The van der Waals surface area contributed by atoms with Gasteiger partial charge in [0.25, 0.3) is 5.91 Å². The van der Waals surface area contributed by atoms with E-state index in [9.17, 15) is 4.79 Å². The Kier molecular flexibility index (Phi) is 7.58. The van der Waals surface area contributed by atoms with E-state index in [1.165, 1.54) is 24.8 Å². The molecule has 6 nitrogen and oxygen atoms in total. The summed E-state index contributed by atoms with van der Waals surface area (Å²) in [6.45, 7) is 6.60. The number of carbonyl (C=O) groups is 1. The van der Waals surface area contributed by atoms with Crippen molar-refractivity contribution in [3.05, 3.63) is 89.1 Å². The average molecular weight is 445 g/mol. The Bertz CT molecular complexity index is 1060. The molecule has 2 aromatic carbocycles. The number of piperidine rings is 1. The second-order valence-corrected chi connectivity index (χ2v) is 8.59. The zero-order valence-electron chi connectivity index (χ0n) is 19.4. The summed E-state index contributed by atoms with van der Waals surface area (Å²) in [6.07, 6.45) is 5.24. The molecule has 1 unspecified atom stereocenters. The molecule has 1 aliphatic heterocycles. The molecule has 2 N–H and O–H groups in total. The zero-order chi connectivity index (χ0) is 23.0. The van der Waals surface area contributed by atoms with E-state index in [0.717, 1.165) is 35.8 Å². The Labute approximate surface area is 196 Å². The fraction of sp³-hybridized carbons (Fsp3) is 0.333. The van der Waals surface area contributed by atoms with Crippen LogP contribution >= 0.6 is 0 Å². The van der Waals surface area contributed by atoms with Crippen molar-refractivity contribution < 1.29 is 9.53 Å². The summed E-state index contributed by atoms with van der Waals surface area (Å²) >= 11 is 0. The van der Waals surface area contributed by atoms with E-state index in [1.807, 2.05) is 67.6 Å². The number of aryl methyl sites for hydroxylation is 1. The van der Waals surface area contributed by atoms with Gasteiger partial charge in [-0.25, -0.2) is 9.99 Å². The Morgan fingerprint density at radius 3 is 2.64 bits per heavy atom. The van der Waals surface area contributed by atoms with Gasteiger partial charge in [0.15, 0.2) is 0 Å². The lowest BCUT2D eigenvalue weighted by Crippen LogP contribution is -2.35. The number of hydrogen-bond donors (Lipinski definition) is 2. The van der Waals surface area contributed by atoms with E-state index in [-0.39, 0.29) is 12.0 Å². The smallest absolute Gasteiger partial charge is 0.251 e. The van der Waals surface area contributed by atoms with Crippen LogP contribution in [0.5, 0.6) is 5.75 Å². The van der Waals surface area contributed by atoms with Gasteiger partial charge in [0.05, 0.1) is 0 Å². The van der Waals surface area contributed by atoms with Crippen LogP contribution in [0.2, 0.25) is 0 Å². The Morgan fingerprint density at radius 1 is 1.06 bits per heavy atom. The van der Waals surface area contributed by atoms with Gasteiger partial charge >= 0.3 is 0 Å². The fourth-order valence-electron chi connectivity index (χ4n) is 3.91. The molecule has 6 heteroatoms. The number of ether oxygens (including phenoxy) is 1. The van der Waals surface area contributed by atoms with Crippen LogP contribution in [0.25, 0.3) is 0 Å². The first-order valence-electron chi connectivity index (χ1n) is 11.6. The maximum atomic E-state index is 12.7. The third-order valence-corrected chi connectivity index (χ3v) is 5.86. The number of amides is 1. The summed E-state index contributed by atoms with van der Waals surface area (Å²) in [7, 11) is 0. The number of anilines is 1. The molecule has 33 heavy (non-hydrogen) atoms. The van der Waals surface area contributed by atoms with Crippen LogP contribution in [0.3, 0.4) is 0 Å². The summed E-state index contributed by atoms with van der Waals surface area (Å²) in [5.41, 5.74) is 7.23. The predicted octanol–water partition coefficient (Wildman–Crippen LogP) is 5.27. The summed E-state index contributed by atoms with van der Waals surface area (Å²) in [4.78, 5) is 17.1. The van der Waals surface area contributed by atoms with Crippen molar-refractivity contribution in [1.82, 2.24) is 15.3 Å². The lowest BCUT2D eigenvalue weighted by atomic mass is 10.1. The molecule has 1 fully saturated rings. The topological polar surface area (TPSA) is 66.5 Å². The molecule has 2 heterocycles. The van der Waals surface area contributed by atoms with Gasteiger partial charge in [0.2, 0.25) is 0 Å². The molecule has 1 amide bonds. The number of carbonyl (C=O) groups excluding carboxylic acids is 1. The average Bonchev–Trinajstić information content (AvgIpc) is 2.84. The molecule has 0 spiro atoms. The molecule has 4 rings (SSSR count). The van der Waals surface area contributed by atoms with E-state index >= 15 is 0 Å². The molecular weight excluding hydrogens is 412 g/mol. The molecular formula is C27H32N4O2. The van der Waals surface area contributed by atoms with Crippen molar-refractivity contribution in [2.75, 3.05) is 18.5 Å². The van der Waals surface area contributed by atoms with Crippen molar-refractivity contribution in [2.45, 2.75) is 45.8 Å². The van der Waals surface area contributed by atoms with Gasteiger partial charge in [-0.05, 0) is 56.0 Å². The highest BCUT2D eigenvalue weighted by molar-refractivity contribution is 5.94. The van der Waals surface area contributed by atoms with Gasteiger partial charge in [0.1, 0.15) is 17.7 Å². The number of nitrogens with one attached hydrogen (secondary N) is 2. The van der Waals surface area contributed by atoms with Gasteiger partial charge in [0, 0.05) is 37.5 Å². The maximum absolute atomic E-state index is 12.7. The van der Waals surface area contributed by atoms with Crippen molar-refractivity contribution in [2.24, 2.45) is 0 Å². The van der Waals surface area contributed by atoms with E-state index < -0.39 is 0 Å². The van der Waals surface area contributed by atoms with Gasteiger partial charge in [-0.1, -0.05) is 48.4 Å². The number of benzene rings is 2. The van der Waals surface area contributed by atoms with Crippen molar-refractivity contribution in [1.29, 1.82) is 0 Å². The predicted molar refractivity (Wildman–Crippen MR) is 131 cm³/mol. The van der Waals surface area contributed by atoms with Gasteiger partial charge in [-0.2, -0.15) is 0 Å². The van der Waals surface area contributed by atoms with Crippen molar-refractivity contribution >= 4 is 11.7 Å². The Morgan fingerprint density at radius 2 is 1.85 bits per heavy atom. The molecule has 3 aromatic rings. The Balaban J connectivity index is 1.36. The third-order valence-electron chi connectivity index (χ3n) is 5.86. The van der Waals surface area contributed by atoms with Gasteiger partial charge < -0.3 is 15.5 Å².